The van der Waals surface area contributed by atoms with Crippen molar-refractivity contribution in [2.45, 2.75) is 44.6 Å². The molecule has 0 radical (unpaired) electrons. The lowest BCUT2D eigenvalue weighted by atomic mass is 9.89. The molecule has 1 fully saturated rings. The van der Waals surface area contributed by atoms with E-state index in [9.17, 15) is 19.8 Å². The highest BCUT2D eigenvalue weighted by Gasteiger charge is 2.35. The topological polar surface area (TPSA) is 77.8 Å². The summed E-state index contributed by atoms with van der Waals surface area (Å²) in [5.74, 6) is -1.29. The van der Waals surface area contributed by atoms with Crippen molar-refractivity contribution in [1.82, 2.24) is 4.90 Å². The number of carbonyl (C=O) groups excluding carboxylic acids is 1. The minimum atomic E-state index is -0.974. The van der Waals surface area contributed by atoms with Crippen LogP contribution in [0.1, 0.15) is 47.2 Å². The number of carboxylic acid groups (broad SMARTS) is 1. The van der Waals surface area contributed by atoms with Gasteiger partial charge in [-0.1, -0.05) is 6.07 Å². The fourth-order valence-corrected chi connectivity index (χ4v) is 3.40. The summed E-state index contributed by atoms with van der Waals surface area (Å²) in [6, 6.07) is 2.76. The smallest absolute Gasteiger partial charge is 0.326 e. The molecule has 0 aromatic heterocycles. The molecule has 5 nitrogen and oxygen atoms in total. The van der Waals surface area contributed by atoms with E-state index in [4.69, 9.17) is 0 Å². The van der Waals surface area contributed by atoms with Gasteiger partial charge in [0.2, 0.25) is 0 Å². The van der Waals surface area contributed by atoms with E-state index < -0.39 is 12.0 Å². The first kappa shape index (κ1) is 13.9. The molecule has 3 rings (SSSR count). The van der Waals surface area contributed by atoms with E-state index in [0.29, 0.717) is 19.4 Å². The quantitative estimate of drug-likeness (QED) is 0.872. The highest BCUT2D eigenvalue weighted by atomic mass is 16.4. The van der Waals surface area contributed by atoms with Gasteiger partial charge in [0.05, 0.1) is 5.56 Å². The Morgan fingerprint density at radius 3 is 2.67 bits per heavy atom. The number of phenols is 1. The normalized spacial score (nSPS) is 21.1. The zero-order valence-corrected chi connectivity index (χ0v) is 11.8. The summed E-state index contributed by atoms with van der Waals surface area (Å²) in [6.07, 6.45) is 5.00. The van der Waals surface area contributed by atoms with Crippen molar-refractivity contribution in [3.05, 3.63) is 28.8 Å². The number of hydrogen-bond acceptors (Lipinski definition) is 3. The lowest BCUT2D eigenvalue weighted by molar-refractivity contribution is -0.141. The average Bonchev–Trinajstić information content (AvgIpc) is 2.97. The molecule has 112 valence electrons. The van der Waals surface area contributed by atoms with Crippen LogP contribution in [0.4, 0.5) is 0 Å². The molecule has 21 heavy (non-hydrogen) atoms. The number of rotatable bonds is 2. The maximum Gasteiger partial charge on any atom is 0.326 e. The monoisotopic (exact) mass is 289 g/mol. The molecule has 1 atom stereocenters. The molecule has 1 aliphatic heterocycles. The molecule has 1 saturated heterocycles. The van der Waals surface area contributed by atoms with Crippen LogP contribution < -0.4 is 0 Å². The summed E-state index contributed by atoms with van der Waals surface area (Å²) in [5, 5.41) is 19.6. The Bertz CT molecular complexity index is 596. The average molecular weight is 289 g/mol. The Labute approximate surface area is 123 Å². The predicted octanol–water partition coefficient (Wildman–Crippen LogP) is 1.96. The first-order valence-corrected chi connectivity index (χ1v) is 7.47. The number of aryl methyl sites for hydroxylation is 1. The number of hydrogen-bond donors (Lipinski definition) is 2. The molecular formula is C16H19NO4. The lowest BCUT2D eigenvalue weighted by Crippen LogP contribution is -2.40. The van der Waals surface area contributed by atoms with Gasteiger partial charge in [0.15, 0.2) is 0 Å². The van der Waals surface area contributed by atoms with Crippen molar-refractivity contribution in [2.75, 3.05) is 6.54 Å². The molecule has 0 saturated carbocycles. The second kappa shape index (κ2) is 5.39. The van der Waals surface area contributed by atoms with Crippen LogP contribution in [0, 0.1) is 0 Å². The van der Waals surface area contributed by atoms with E-state index in [1.54, 1.807) is 6.07 Å². The zero-order chi connectivity index (χ0) is 15.0. The van der Waals surface area contributed by atoms with Gasteiger partial charge in [0.1, 0.15) is 11.8 Å². The van der Waals surface area contributed by atoms with Gasteiger partial charge >= 0.3 is 5.97 Å². The van der Waals surface area contributed by atoms with Crippen molar-refractivity contribution in [3.8, 4) is 5.75 Å². The third-order valence-electron chi connectivity index (χ3n) is 4.53. The van der Waals surface area contributed by atoms with Gasteiger partial charge < -0.3 is 15.1 Å². The van der Waals surface area contributed by atoms with Gasteiger partial charge in [-0.15, -0.1) is 0 Å². The maximum atomic E-state index is 12.6. The van der Waals surface area contributed by atoms with Crippen LogP contribution in [0.25, 0.3) is 0 Å². The molecule has 1 aromatic carbocycles. The highest BCUT2D eigenvalue weighted by Crippen LogP contribution is 2.33. The number of benzene rings is 1. The van der Waals surface area contributed by atoms with Crippen molar-refractivity contribution in [2.24, 2.45) is 0 Å². The summed E-state index contributed by atoms with van der Waals surface area (Å²) < 4.78 is 0. The van der Waals surface area contributed by atoms with Crippen molar-refractivity contribution in [3.63, 3.8) is 0 Å². The number of nitrogens with zero attached hydrogens (tertiary/aromatic N) is 1. The molecule has 1 aliphatic carbocycles. The predicted molar refractivity (Wildman–Crippen MR) is 76.4 cm³/mol. The summed E-state index contributed by atoms with van der Waals surface area (Å²) >= 11 is 0. The van der Waals surface area contributed by atoms with Gasteiger partial charge in [-0.3, -0.25) is 4.79 Å². The fraction of sp³-hybridized carbons (Fsp3) is 0.500. The number of amides is 1. The molecule has 0 spiro atoms. The summed E-state index contributed by atoms with van der Waals surface area (Å²) in [4.78, 5) is 25.1. The molecule has 1 heterocycles. The van der Waals surface area contributed by atoms with Crippen LogP contribution in [-0.4, -0.2) is 39.6 Å². The van der Waals surface area contributed by atoms with Gasteiger partial charge in [0, 0.05) is 6.54 Å². The van der Waals surface area contributed by atoms with E-state index in [1.165, 1.54) is 4.90 Å². The van der Waals surface area contributed by atoms with E-state index >= 15 is 0 Å². The van der Waals surface area contributed by atoms with Gasteiger partial charge in [-0.2, -0.15) is 0 Å². The van der Waals surface area contributed by atoms with Crippen LogP contribution in [0.5, 0.6) is 5.75 Å². The van der Waals surface area contributed by atoms with E-state index in [1.807, 2.05) is 6.07 Å². The Hall–Kier alpha value is -2.04. The number of aromatic hydroxyl groups is 1. The third kappa shape index (κ3) is 2.37. The minimum absolute atomic E-state index is 0.0493. The van der Waals surface area contributed by atoms with Gasteiger partial charge in [0.25, 0.3) is 5.91 Å². The third-order valence-corrected chi connectivity index (χ3v) is 4.53. The van der Waals surface area contributed by atoms with Crippen LogP contribution in [-0.2, 0) is 17.6 Å². The van der Waals surface area contributed by atoms with Crippen molar-refractivity contribution >= 4 is 11.9 Å². The maximum absolute atomic E-state index is 12.6. The standard InChI is InChI=1S/C16H19NO4/c18-14-11-5-2-1-4-10(11)7-8-12(14)15(19)17-9-3-6-13(17)16(20)21/h7-8,13,18H,1-6,9H2,(H,20,21)/t13-/m1/s1. The van der Waals surface area contributed by atoms with E-state index in [0.717, 1.165) is 36.8 Å². The number of aliphatic carboxylic acids is 1. The first-order valence-electron chi connectivity index (χ1n) is 7.47. The second-order valence-electron chi connectivity index (χ2n) is 5.80. The summed E-state index contributed by atoms with van der Waals surface area (Å²) in [5.41, 5.74) is 2.20. The SMILES string of the molecule is O=C(O)[C@H]1CCCN1C(=O)c1ccc2c(c1O)CCCC2. The molecule has 1 aromatic rings. The number of phenolic OH excluding ortho intramolecular Hbond substituents is 1. The molecular weight excluding hydrogens is 270 g/mol. The highest BCUT2D eigenvalue weighted by molar-refractivity contribution is 5.99. The Morgan fingerprint density at radius 1 is 1.14 bits per heavy atom. The Morgan fingerprint density at radius 2 is 1.90 bits per heavy atom. The number of carbonyl (C=O) groups is 2. The van der Waals surface area contributed by atoms with Crippen LogP contribution in [0.15, 0.2) is 12.1 Å². The Balaban J connectivity index is 1.93. The van der Waals surface area contributed by atoms with E-state index in [-0.39, 0.29) is 17.2 Å². The summed E-state index contributed by atoms with van der Waals surface area (Å²) in [6.45, 7) is 0.437. The Kier molecular flexibility index (Phi) is 3.57. The number of fused-ring (bicyclic) bond motifs is 1. The second-order valence-corrected chi connectivity index (χ2v) is 5.80. The fourth-order valence-electron chi connectivity index (χ4n) is 3.40. The van der Waals surface area contributed by atoms with Gasteiger partial charge in [-0.25, -0.2) is 4.79 Å². The molecule has 1 amide bonds. The largest absolute Gasteiger partial charge is 0.507 e. The lowest BCUT2D eigenvalue weighted by Gasteiger charge is -2.24. The van der Waals surface area contributed by atoms with Crippen molar-refractivity contribution in [1.29, 1.82) is 0 Å². The zero-order valence-electron chi connectivity index (χ0n) is 11.8. The van der Waals surface area contributed by atoms with Crippen LogP contribution in [0.2, 0.25) is 0 Å². The molecule has 5 heteroatoms. The number of likely N-dealkylation sites (tertiary alicyclic amines) is 1. The minimum Gasteiger partial charge on any atom is -0.507 e. The molecule has 0 bridgehead atoms. The summed E-state index contributed by atoms with van der Waals surface area (Å²) in [7, 11) is 0. The van der Waals surface area contributed by atoms with Crippen LogP contribution in [0.3, 0.4) is 0 Å². The molecule has 2 aliphatic rings. The van der Waals surface area contributed by atoms with Crippen LogP contribution >= 0.6 is 0 Å². The molecule has 0 unspecified atom stereocenters. The number of carboxylic acids is 1. The molecule has 2 N–H and O–H groups in total. The van der Waals surface area contributed by atoms with Gasteiger partial charge in [-0.05, 0) is 55.7 Å². The first-order chi connectivity index (χ1) is 10.1. The van der Waals surface area contributed by atoms with Crippen molar-refractivity contribution < 1.29 is 19.8 Å². The van der Waals surface area contributed by atoms with E-state index in [2.05, 4.69) is 0 Å².